The minimum atomic E-state index is -0.328. The van der Waals surface area contributed by atoms with Gasteiger partial charge in [-0.3, -0.25) is 10.1 Å². The summed E-state index contributed by atoms with van der Waals surface area (Å²) in [5, 5.41) is 10.9. The van der Waals surface area contributed by atoms with Crippen LogP contribution in [-0.2, 0) is 0 Å². The van der Waals surface area contributed by atoms with E-state index < -0.39 is 0 Å². The van der Waals surface area contributed by atoms with Gasteiger partial charge in [-0.2, -0.15) is 5.10 Å². The Morgan fingerprint density at radius 1 is 0.871 bits per heavy atom. The highest BCUT2D eigenvalue weighted by molar-refractivity contribution is 5.94. The molecule has 0 amide bonds. The van der Waals surface area contributed by atoms with Gasteiger partial charge in [0.2, 0.25) is 0 Å². The summed E-state index contributed by atoms with van der Waals surface area (Å²) in [6, 6.07) is 12.5. The van der Waals surface area contributed by atoms with Crippen LogP contribution in [0.15, 0.2) is 48.7 Å². The fourth-order valence-electron chi connectivity index (χ4n) is 4.32. The molecule has 0 bridgehead atoms. The molecule has 6 rings (SSSR count). The van der Waals surface area contributed by atoms with Crippen LogP contribution in [-0.4, -0.2) is 43.2 Å². The van der Waals surface area contributed by atoms with E-state index in [0.29, 0.717) is 34.2 Å². The lowest BCUT2D eigenvalue weighted by molar-refractivity contribution is 0.454. The number of nitrogens with one attached hydrogen (secondary N) is 3. The monoisotopic (exact) mass is 413 g/mol. The van der Waals surface area contributed by atoms with Gasteiger partial charge in [0.05, 0.1) is 11.0 Å². The first-order chi connectivity index (χ1) is 15.3. The quantitative estimate of drug-likeness (QED) is 0.413. The van der Waals surface area contributed by atoms with Crippen molar-refractivity contribution in [3.63, 3.8) is 0 Å². The fraction of sp³-hybridized carbons (Fsp3) is 0.217. The lowest BCUT2D eigenvalue weighted by Crippen LogP contribution is -2.27. The summed E-state index contributed by atoms with van der Waals surface area (Å²) in [7, 11) is 0. The zero-order valence-corrected chi connectivity index (χ0v) is 16.7. The van der Waals surface area contributed by atoms with E-state index in [1.807, 2.05) is 12.1 Å². The highest BCUT2D eigenvalue weighted by atomic mass is 19.1. The molecule has 31 heavy (non-hydrogen) atoms. The molecule has 0 unspecified atom stereocenters. The van der Waals surface area contributed by atoms with Crippen LogP contribution in [0.3, 0.4) is 0 Å². The second-order valence-electron chi connectivity index (χ2n) is 7.85. The Morgan fingerprint density at radius 2 is 1.71 bits per heavy atom. The predicted octanol–water partition coefficient (Wildman–Crippen LogP) is 4.17. The molecule has 1 saturated heterocycles. The average molecular weight is 413 g/mol. The molecule has 154 valence electrons. The molecule has 1 aliphatic heterocycles. The summed E-state index contributed by atoms with van der Waals surface area (Å²) < 4.78 is 14.4. The Kier molecular flexibility index (Phi) is 4.24. The third-order valence-corrected chi connectivity index (χ3v) is 5.94. The number of fused-ring (bicyclic) bond motifs is 2. The van der Waals surface area contributed by atoms with Crippen molar-refractivity contribution >= 4 is 22.1 Å². The number of hydrogen-bond donors (Lipinski definition) is 3. The van der Waals surface area contributed by atoms with E-state index in [0.717, 1.165) is 48.2 Å². The second kappa shape index (κ2) is 7.24. The number of aromatic nitrogens is 6. The number of imidazole rings is 1. The molecule has 0 radical (unpaired) electrons. The Labute approximate surface area is 177 Å². The number of piperidine rings is 1. The van der Waals surface area contributed by atoms with Gasteiger partial charge in [0.15, 0.2) is 11.5 Å². The van der Waals surface area contributed by atoms with E-state index in [-0.39, 0.29) is 5.82 Å². The second-order valence-corrected chi connectivity index (χ2v) is 7.85. The minimum absolute atomic E-state index is 0.328. The van der Waals surface area contributed by atoms with Gasteiger partial charge in [0.1, 0.15) is 22.5 Å². The highest BCUT2D eigenvalue weighted by Gasteiger charge is 2.21. The lowest BCUT2D eigenvalue weighted by atomic mass is 9.94. The van der Waals surface area contributed by atoms with Crippen molar-refractivity contribution in [3.8, 4) is 22.8 Å². The van der Waals surface area contributed by atoms with Crippen molar-refractivity contribution in [2.75, 3.05) is 13.1 Å². The minimum Gasteiger partial charge on any atom is -0.336 e. The smallest absolute Gasteiger partial charge is 0.161 e. The maximum absolute atomic E-state index is 14.4. The third-order valence-electron chi connectivity index (χ3n) is 5.94. The summed E-state index contributed by atoms with van der Waals surface area (Å²) in [6.07, 6.45) is 3.81. The molecule has 0 saturated carbocycles. The van der Waals surface area contributed by atoms with Crippen molar-refractivity contribution in [2.24, 2.45) is 0 Å². The van der Waals surface area contributed by atoms with E-state index in [4.69, 9.17) is 9.97 Å². The molecular formula is C23H20FN7. The van der Waals surface area contributed by atoms with Gasteiger partial charge in [-0.1, -0.05) is 12.1 Å². The number of H-pyrrole nitrogens is 2. The van der Waals surface area contributed by atoms with E-state index in [2.05, 4.69) is 31.5 Å². The van der Waals surface area contributed by atoms with Crippen LogP contribution < -0.4 is 5.32 Å². The first-order valence-corrected chi connectivity index (χ1v) is 10.4. The summed E-state index contributed by atoms with van der Waals surface area (Å²) in [6.45, 7) is 2.02. The van der Waals surface area contributed by atoms with Gasteiger partial charge in [0.25, 0.3) is 0 Å². The molecule has 5 heterocycles. The Balaban J connectivity index is 1.48. The maximum atomic E-state index is 14.4. The van der Waals surface area contributed by atoms with E-state index in [9.17, 15) is 4.39 Å². The van der Waals surface area contributed by atoms with Crippen molar-refractivity contribution in [1.82, 2.24) is 35.5 Å². The molecule has 1 aliphatic rings. The van der Waals surface area contributed by atoms with Gasteiger partial charge in [-0.05, 0) is 56.3 Å². The molecule has 1 aromatic carbocycles. The Hall–Kier alpha value is -3.65. The summed E-state index contributed by atoms with van der Waals surface area (Å²) in [5.74, 6) is 0.702. The molecule has 8 heteroatoms. The Bertz CT molecular complexity index is 1400. The number of benzene rings is 1. The van der Waals surface area contributed by atoms with Crippen LogP contribution in [0.2, 0.25) is 0 Å². The highest BCUT2D eigenvalue weighted by Crippen LogP contribution is 2.32. The first kappa shape index (κ1) is 18.1. The van der Waals surface area contributed by atoms with Crippen LogP contribution in [0.5, 0.6) is 0 Å². The molecule has 0 atom stereocenters. The summed E-state index contributed by atoms with van der Waals surface area (Å²) in [4.78, 5) is 17.4. The van der Waals surface area contributed by atoms with Gasteiger partial charge >= 0.3 is 0 Å². The zero-order valence-electron chi connectivity index (χ0n) is 16.7. The van der Waals surface area contributed by atoms with Crippen LogP contribution in [0.25, 0.3) is 44.8 Å². The molecule has 3 N–H and O–H groups in total. The third kappa shape index (κ3) is 3.07. The van der Waals surface area contributed by atoms with Crippen molar-refractivity contribution < 1.29 is 4.39 Å². The molecule has 4 aromatic heterocycles. The number of pyridine rings is 2. The molecule has 0 spiro atoms. The fourth-order valence-corrected chi connectivity index (χ4v) is 4.32. The van der Waals surface area contributed by atoms with Gasteiger partial charge < -0.3 is 10.3 Å². The molecular weight excluding hydrogens is 393 g/mol. The number of aromatic amines is 2. The van der Waals surface area contributed by atoms with Gasteiger partial charge in [-0.15, -0.1) is 0 Å². The van der Waals surface area contributed by atoms with Crippen molar-refractivity contribution in [2.45, 2.75) is 18.8 Å². The molecule has 1 fully saturated rings. The van der Waals surface area contributed by atoms with E-state index in [1.165, 1.54) is 6.07 Å². The molecule has 0 aliphatic carbocycles. The predicted molar refractivity (Wildman–Crippen MR) is 117 cm³/mol. The summed E-state index contributed by atoms with van der Waals surface area (Å²) in [5.41, 5.74) is 5.69. The lowest BCUT2D eigenvalue weighted by Gasteiger charge is -2.22. The number of rotatable bonds is 3. The summed E-state index contributed by atoms with van der Waals surface area (Å²) >= 11 is 0. The van der Waals surface area contributed by atoms with Gasteiger partial charge in [0, 0.05) is 23.4 Å². The number of hydrogen-bond acceptors (Lipinski definition) is 5. The van der Waals surface area contributed by atoms with E-state index in [1.54, 1.807) is 24.4 Å². The van der Waals surface area contributed by atoms with Crippen LogP contribution >= 0.6 is 0 Å². The van der Waals surface area contributed by atoms with Gasteiger partial charge in [-0.25, -0.2) is 14.4 Å². The normalized spacial score (nSPS) is 15.1. The zero-order chi connectivity index (χ0) is 20.8. The first-order valence-electron chi connectivity index (χ1n) is 10.4. The van der Waals surface area contributed by atoms with Crippen molar-refractivity contribution in [3.05, 3.63) is 60.2 Å². The molecule has 5 aromatic rings. The van der Waals surface area contributed by atoms with Crippen molar-refractivity contribution in [1.29, 1.82) is 0 Å². The maximum Gasteiger partial charge on any atom is 0.161 e. The van der Waals surface area contributed by atoms with Crippen LogP contribution in [0, 0.1) is 5.82 Å². The van der Waals surface area contributed by atoms with E-state index >= 15 is 0 Å². The average Bonchev–Trinajstić information content (AvgIpc) is 3.43. The standard InChI is InChI=1S/C23H20FN7/c24-15-4-2-1-3-14(15)19-20-17(9-12-26-19)28-23(29-20)22-21-18(30-31-22)6-5-16(27-21)13-7-10-25-11-8-13/h1-6,9,12-13,25H,7-8,10-11H2,(H,28,29)(H,30,31). The van der Waals surface area contributed by atoms with Crippen LogP contribution in [0.4, 0.5) is 4.39 Å². The molecule has 7 nitrogen and oxygen atoms in total. The SMILES string of the molecule is Fc1ccccc1-c1nccc2[nH]c(-c3n[nH]c4ccc(C5CCNCC5)nc34)nc12. The topological polar surface area (TPSA) is 95.2 Å². The number of nitrogens with zero attached hydrogens (tertiary/aromatic N) is 4. The largest absolute Gasteiger partial charge is 0.336 e. The Morgan fingerprint density at radius 3 is 2.58 bits per heavy atom. The van der Waals surface area contributed by atoms with Crippen LogP contribution in [0.1, 0.15) is 24.5 Å². The number of halogens is 1.